The van der Waals surface area contributed by atoms with E-state index in [1.165, 1.54) is 18.4 Å². The summed E-state index contributed by atoms with van der Waals surface area (Å²) in [6.07, 6.45) is 6.78. The van der Waals surface area contributed by atoms with Crippen molar-refractivity contribution in [3.8, 4) is 11.5 Å². The highest BCUT2D eigenvalue weighted by Crippen LogP contribution is 2.44. The Morgan fingerprint density at radius 3 is 2.48 bits per heavy atom. The molecule has 2 fully saturated rings. The zero-order valence-corrected chi connectivity index (χ0v) is 20.7. The summed E-state index contributed by atoms with van der Waals surface area (Å²) >= 11 is 0. The average molecular weight is 542 g/mol. The highest BCUT2D eigenvalue weighted by molar-refractivity contribution is 14.0. The van der Waals surface area contributed by atoms with Crippen LogP contribution in [0.25, 0.3) is 0 Å². The molecule has 4 rings (SSSR count). The molecule has 1 aromatic carbocycles. The lowest BCUT2D eigenvalue weighted by atomic mass is 9.79. The van der Waals surface area contributed by atoms with Crippen LogP contribution in [0.5, 0.6) is 11.5 Å². The molecule has 0 atom stereocenters. The van der Waals surface area contributed by atoms with E-state index in [1.54, 1.807) is 0 Å². The average Bonchev–Trinajstić information content (AvgIpc) is 3.52. The van der Waals surface area contributed by atoms with E-state index in [1.807, 2.05) is 6.07 Å². The van der Waals surface area contributed by atoms with E-state index in [4.69, 9.17) is 14.5 Å². The summed E-state index contributed by atoms with van der Waals surface area (Å²) < 4.78 is 11.5. The quantitative estimate of drug-likeness (QED) is 0.204. The van der Waals surface area contributed by atoms with Gasteiger partial charge in [-0.2, -0.15) is 0 Å². The second kappa shape index (κ2) is 11.2. The van der Waals surface area contributed by atoms with E-state index in [0.717, 1.165) is 56.2 Å². The zero-order valence-electron chi connectivity index (χ0n) is 18.4. The molecule has 0 radical (unpaired) electrons. The van der Waals surface area contributed by atoms with Gasteiger partial charge in [-0.25, -0.2) is 0 Å². The van der Waals surface area contributed by atoms with E-state index in [-0.39, 0.29) is 41.2 Å². The Morgan fingerprint density at radius 2 is 1.77 bits per heavy atom. The molecule has 0 spiro atoms. The number of nitrogens with zero attached hydrogens (tertiary/aromatic N) is 1. The van der Waals surface area contributed by atoms with Gasteiger partial charge in [-0.1, -0.05) is 18.9 Å². The summed E-state index contributed by atoms with van der Waals surface area (Å²) in [5.41, 5.74) is 1.33. The highest BCUT2D eigenvalue weighted by atomic mass is 127. The van der Waals surface area contributed by atoms with Crippen LogP contribution in [0.2, 0.25) is 0 Å². The van der Waals surface area contributed by atoms with E-state index in [0.29, 0.717) is 26.3 Å². The maximum Gasteiger partial charge on any atom is 0.223 e. The highest BCUT2D eigenvalue weighted by Gasteiger charge is 2.36. The Morgan fingerprint density at radius 1 is 1.06 bits per heavy atom. The Balaban J connectivity index is 0.00000272. The van der Waals surface area contributed by atoms with Gasteiger partial charge in [0.15, 0.2) is 17.5 Å². The van der Waals surface area contributed by atoms with Crippen LogP contribution < -0.4 is 25.4 Å². The lowest BCUT2D eigenvalue weighted by Gasteiger charge is -2.30. The molecule has 8 heteroatoms. The number of halogens is 1. The van der Waals surface area contributed by atoms with Crippen LogP contribution in [0.15, 0.2) is 23.2 Å². The number of carbonyl (C=O) groups is 1. The van der Waals surface area contributed by atoms with Crippen molar-refractivity contribution in [2.75, 3.05) is 39.4 Å². The molecule has 2 aliphatic carbocycles. The van der Waals surface area contributed by atoms with Crippen LogP contribution >= 0.6 is 24.0 Å². The SMILES string of the molecule is CCNC(=NCC1(c2ccc3c(c2)OCCO3)CCCC1)NCCNC(=O)C1CC1.I. The first-order valence-corrected chi connectivity index (χ1v) is 11.4. The predicted molar refractivity (Wildman–Crippen MR) is 133 cm³/mol. The van der Waals surface area contributed by atoms with E-state index in [2.05, 4.69) is 35.0 Å². The number of aliphatic imine (C=N–C) groups is 1. The molecule has 2 saturated carbocycles. The first-order chi connectivity index (χ1) is 14.7. The van der Waals surface area contributed by atoms with Gasteiger partial charge in [0.05, 0.1) is 6.54 Å². The van der Waals surface area contributed by atoms with Crippen LogP contribution in [0, 0.1) is 5.92 Å². The minimum absolute atomic E-state index is 0. The zero-order chi connectivity index (χ0) is 20.8. The fourth-order valence-electron chi connectivity index (χ4n) is 4.39. The number of guanidine groups is 1. The van der Waals surface area contributed by atoms with Gasteiger partial charge in [0, 0.05) is 31.0 Å². The molecule has 0 bridgehead atoms. The first-order valence-electron chi connectivity index (χ1n) is 11.4. The smallest absolute Gasteiger partial charge is 0.223 e. The van der Waals surface area contributed by atoms with Gasteiger partial charge in [0.1, 0.15) is 13.2 Å². The molecule has 1 aliphatic heterocycles. The van der Waals surface area contributed by atoms with Crippen molar-refractivity contribution in [3.05, 3.63) is 23.8 Å². The van der Waals surface area contributed by atoms with Crippen LogP contribution in [-0.4, -0.2) is 51.3 Å². The van der Waals surface area contributed by atoms with Crippen molar-refractivity contribution < 1.29 is 14.3 Å². The van der Waals surface area contributed by atoms with Crippen LogP contribution in [0.1, 0.15) is 51.0 Å². The summed E-state index contributed by atoms with van der Waals surface area (Å²) in [6, 6.07) is 6.38. The molecule has 31 heavy (non-hydrogen) atoms. The third kappa shape index (κ3) is 6.17. The van der Waals surface area contributed by atoms with Gasteiger partial charge in [0.25, 0.3) is 0 Å². The van der Waals surface area contributed by atoms with E-state index < -0.39 is 0 Å². The predicted octanol–water partition coefficient (Wildman–Crippen LogP) is 2.97. The number of hydrogen-bond donors (Lipinski definition) is 3. The van der Waals surface area contributed by atoms with Gasteiger partial charge < -0.3 is 25.4 Å². The molecular formula is C23H35IN4O3. The van der Waals surface area contributed by atoms with Crippen molar-refractivity contribution in [3.63, 3.8) is 0 Å². The maximum atomic E-state index is 11.8. The third-order valence-corrected chi connectivity index (χ3v) is 6.26. The molecule has 3 aliphatic rings. The van der Waals surface area contributed by atoms with E-state index >= 15 is 0 Å². The van der Waals surface area contributed by atoms with Crippen molar-refractivity contribution in [1.29, 1.82) is 0 Å². The monoisotopic (exact) mass is 542 g/mol. The number of rotatable bonds is 8. The lowest BCUT2D eigenvalue weighted by Crippen LogP contribution is -2.42. The second-order valence-corrected chi connectivity index (χ2v) is 8.53. The number of benzene rings is 1. The van der Waals surface area contributed by atoms with Crippen LogP contribution in [0.4, 0.5) is 0 Å². The van der Waals surface area contributed by atoms with Gasteiger partial charge in [-0.3, -0.25) is 9.79 Å². The van der Waals surface area contributed by atoms with Crippen LogP contribution in [0.3, 0.4) is 0 Å². The van der Waals surface area contributed by atoms with Crippen molar-refractivity contribution in [2.24, 2.45) is 10.9 Å². The number of hydrogen-bond acceptors (Lipinski definition) is 4. The number of carbonyl (C=O) groups excluding carboxylic acids is 1. The molecule has 0 unspecified atom stereocenters. The third-order valence-electron chi connectivity index (χ3n) is 6.26. The number of ether oxygens (including phenoxy) is 2. The fraction of sp³-hybridized carbons (Fsp3) is 0.652. The Hall–Kier alpha value is -1.71. The topological polar surface area (TPSA) is 84.0 Å². The molecule has 1 aromatic rings. The minimum Gasteiger partial charge on any atom is -0.486 e. The normalized spacial score (nSPS) is 19.3. The van der Waals surface area contributed by atoms with E-state index in [9.17, 15) is 4.79 Å². The fourth-order valence-corrected chi connectivity index (χ4v) is 4.39. The van der Waals surface area contributed by atoms with Crippen molar-refractivity contribution >= 4 is 35.8 Å². The molecule has 0 saturated heterocycles. The van der Waals surface area contributed by atoms with Crippen molar-refractivity contribution in [1.82, 2.24) is 16.0 Å². The van der Waals surface area contributed by atoms with Crippen LogP contribution in [-0.2, 0) is 10.2 Å². The first kappa shape index (κ1) is 23.9. The number of nitrogens with one attached hydrogen (secondary N) is 3. The van der Waals surface area contributed by atoms with Gasteiger partial charge in [-0.15, -0.1) is 24.0 Å². The summed E-state index contributed by atoms with van der Waals surface area (Å²) in [5, 5.41) is 9.68. The van der Waals surface area contributed by atoms with Gasteiger partial charge in [-0.05, 0) is 50.3 Å². The van der Waals surface area contributed by atoms with Gasteiger partial charge >= 0.3 is 0 Å². The molecule has 0 aromatic heterocycles. The Kier molecular flexibility index (Phi) is 8.68. The lowest BCUT2D eigenvalue weighted by molar-refractivity contribution is -0.122. The number of fused-ring (bicyclic) bond motifs is 1. The summed E-state index contributed by atoms with van der Waals surface area (Å²) in [5.74, 6) is 2.93. The standard InChI is InChI=1S/C23H34N4O3.HI/c1-2-24-22(26-12-11-25-21(28)17-5-6-17)27-16-23(9-3-4-10-23)18-7-8-19-20(15-18)30-14-13-29-19;/h7-8,15,17H,2-6,9-14,16H2,1H3,(H,25,28)(H2,24,26,27);1H. The summed E-state index contributed by atoms with van der Waals surface area (Å²) in [4.78, 5) is 16.7. The minimum atomic E-state index is 0. The van der Waals surface area contributed by atoms with Crippen molar-refractivity contribution in [2.45, 2.75) is 50.9 Å². The molecular weight excluding hydrogens is 507 g/mol. The Bertz CT molecular complexity index is 776. The Labute approximate surface area is 202 Å². The largest absolute Gasteiger partial charge is 0.486 e. The number of amides is 1. The van der Waals surface area contributed by atoms with Gasteiger partial charge in [0.2, 0.25) is 5.91 Å². The molecule has 3 N–H and O–H groups in total. The molecule has 1 amide bonds. The molecule has 7 nitrogen and oxygen atoms in total. The molecule has 172 valence electrons. The summed E-state index contributed by atoms with van der Waals surface area (Å²) in [7, 11) is 0. The molecule has 1 heterocycles. The maximum absolute atomic E-state index is 11.8. The summed E-state index contributed by atoms with van der Waals surface area (Å²) in [6.45, 7) is 6.11. The second-order valence-electron chi connectivity index (χ2n) is 8.53.